The van der Waals surface area contributed by atoms with E-state index < -0.39 is 0 Å². The molecule has 1 heterocycles. The van der Waals surface area contributed by atoms with Crippen LogP contribution in [0.4, 0.5) is 0 Å². The molecule has 3 rings (SSSR count). The summed E-state index contributed by atoms with van der Waals surface area (Å²) < 4.78 is 14.0. The van der Waals surface area contributed by atoms with Gasteiger partial charge >= 0.3 is 5.69 Å². The number of benzene rings is 2. The van der Waals surface area contributed by atoms with Crippen LogP contribution in [0, 0.1) is 0 Å². The summed E-state index contributed by atoms with van der Waals surface area (Å²) in [5, 5.41) is 0. The maximum Gasteiger partial charge on any atom is 0.332 e. The second-order valence-corrected chi connectivity index (χ2v) is 5.41. The summed E-state index contributed by atoms with van der Waals surface area (Å²) in [4.78, 5) is 12.5. The lowest BCUT2D eigenvalue weighted by molar-refractivity contribution is 0.390. The van der Waals surface area contributed by atoms with E-state index in [9.17, 15) is 4.79 Å². The van der Waals surface area contributed by atoms with Crippen molar-refractivity contribution < 1.29 is 9.47 Å². The van der Waals surface area contributed by atoms with Crippen molar-refractivity contribution in [1.82, 2.24) is 9.13 Å². The number of para-hydroxylation sites is 1. The third kappa shape index (κ3) is 3.20. The lowest BCUT2D eigenvalue weighted by atomic mass is 10.1. The van der Waals surface area contributed by atoms with Gasteiger partial charge in [-0.15, -0.1) is 0 Å². The Morgan fingerprint density at radius 2 is 1.75 bits per heavy atom. The van der Waals surface area contributed by atoms with Crippen LogP contribution >= 0.6 is 0 Å². The zero-order chi connectivity index (χ0) is 16.9. The topological polar surface area (TPSA) is 45.4 Å². The summed E-state index contributed by atoms with van der Waals surface area (Å²) in [5.74, 6) is 1.52. The molecule has 0 aliphatic carbocycles. The van der Waals surface area contributed by atoms with Gasteiger partial charge in [0.15, 0.2) is 0 Å². The van der Waals surface area contributed by atoms with Crippen LogP contribution in [0.15, 0.2) is 65.7 Å². The van der Waals surface area contributed by atoms with E-state index in [1.165, 1.54) is 0 Å². The van der Waals surface area contributed by atoms with Crippen LogP contribution in [0.1, 0.15) is 5.56 Å². The molecule has 5 nitrogen and oxygen atoms in total. The summed E-state index contributed by atoms with van der Waals surface area (Å²) in [5.41, 5.74) is 1.86. The number of nitrogens with zero attached hydrogens (tertiary/aromatic N) is 2. The molecule has 0 saturated heterocycles. The van der Waals surface area contributed by atoms with E-state index in [1.807, 2.05) is 54.7 Å². The van der Waals surface area contributed by atoms with Crippen LogP contribution in [-0.4, -0.2) is 23.4 Å². The zero-order valence-corrected chi connectivity index (χ0v) is 13.8. The maximum atomic E-state index is 12.5. The monoisotopic (exact) mass is 324 g/mol. The molecule has 2 aromatic carbocycles. The molecule has 124 valence electrons. The summed E-state index contributed by atoms with van der Waals surface area (Å²) in [6, 6.07) is 15.3. The van der Waals surface area contributed by atoms with Crippen molar-refractivity contribution >= 4 is 0 Å². The molecule has 0 N–H and O–H groups in total. The van der Waals surface area contributed by atoms with E-state index in [1.54, 1.807) is 29.6 Å². The number of imidazole rings is 1. The van der Waals surface area contributed by atoms with Gasteiger partial charge in [0.1, 0.15) is 11.5 Å². The van der Waals surface area contributed by atoms with Gasteiger partial charge in [0, 0.05) is 25.0 Å². The van der Waals surface area contributed by atoms with Crippen molar-refractivity contribution in [1.29, 1.82) is 0 Å². The Bertz CT molecular complexity index is 866. The predicted molar refractivity (Wildman–Crippen MR) is 93.3 cm³/mol. The Morgan fingerprint density at radius 3 is 2.46 bits per heavy atom. The Hall–Kier alpha value is -2.95. The van der Waals surface area contributed by atoms with Crippen LogP contribution < -0.4 is 15.2 Å². The van der Waals surface area contributed by atoms with Crippen molar-refractivity contribution in [2.45, 2.75) is 13.0 Å². The van der Waals surface area contributed by atoms with Crippen LogP contribution in [-0.2, 0) is 13.0 Å². The lowest BCUT2D eigenvalue weighted by Crippen LogP contribution is -2.23. The van der Waals surface area contributed by atoms with Gasteiger partial charge in [-0.1, -0.05) is 24.3 Å². The van der Waals surface area contributed by atoms with E-state index in [-0.39, 0.29) is 5.69 Å². The normalized spacial score (nSPS) is 10.6. The van der Waals surface area contributed by atoms with E-state index >= 15 is 0 Å². The van der Waals surface area contributed by atoms with Gasteiger partial charge in [0.25, 0.3) is 0 Å². The number of aromatic nitrogens is 2. The smallest absolute Gasteiger partial charge is 0.332 e. The zero-order valence-electron chi connectivity index (χ0n) is 13.8. The number of hydrogen-bond acceptors (Lipinski definition) is 3. The SMILES string of the molecule is COc1ccc(CCn2ccn(-c3ccccc3)c2=O)c(OC)c1. The first-order valence-electron chi connectivity index (χ1n) is 7.77. The second-order valence-electron chi connectivity index (χ2n) is 5.41. The second kappa shape index (κ2) is 7.08. The summed E-state index contributed by atoms with van der Waals surface area (Å²) in [6.07, 6.45) is 4.31. The molecule has 0 atom stereocenters. The molecule has 0 radical (unpaired) electrons. The highest BCUT2D eigenvalue weighted by molar-refractivity contribution is 5.40. The molecular formula is C19H20N2O3. The first-order chi connectivity index (χ1) is 11.7. The molecule has 5 heteroatoms. The van der Waals surface area contributed by atoms with E-state index in [2.05, 4.69) is 0 Å². The first kappa shape index (κ1) is 15.9. The number of hydrogen-bond donors (Lipinski definition) is 0. The molecule has 0 unspecified atom stereocenters. The van der Waals surface area contributed by atoms with Gasteiger partial charge in [-0.3, -0.25) is 9.13 Å². The van der Waals surface area contributed by atoms with Crippen molar-refractivity contribution in [3.05, 3.63) is 77.0 Å². The van der Waals surface area contributed by atoms with Gasteiger partial charge in [0.2, 0.25) is 0 Å². The van der Waals surface area contributed by atoms with Crippen molar-refractivity contribution in [3.63, 3.8) is 0 Å². The summed E-state index contributed by atoms with van der Waals surface area (Å²) in [6.45, 7) is 0.585. The number of rotatable bonds is 6. The van der Waals surface area contributed by atoms with Gasteiger partial charge in [-0.2, -0.15) is 0 Å². The highest BCUT2D eigenvalue weighted by atomic mass is 16.5. The minimum Gasteiger partial charge on any atom is -0.497 e. The third-order valence-corrected chi connectivity index (χ3v) is 4.00. The largest absolute Gasteiger partial charge is 0.497 e. The highest BCUT2D eigenvalue weighted by Gasteiger charge is 2.08. The van der Waals surface area contributed by atoms with Crippen LogP contribution in [0.2, 0.25) is 0 Å². The summed E-state index contributed by atoms with van der Waals surface area (Å²) >= 11 is 0. The number of ether oxygens (including phenoxy) is 2. The standard InChI is InChI=1S/C19H20N2O3/c1-23-17-9-8-15(18(14-17)24-2)10-11-20-12-13-21(19(20)22)16-6-4-3-5-7-16/h3-9,12-14H,10-11H2,1-2H3. The molecule has 24 heavy (non-hydrogen) atoms. The fourth-order valence-corrected chi connectivity index (χ4v) is 2.67. The Balaban J connectivity index is 1.79. The summed E-state index contributed by atoms with van der Waals surface area (Å²) in [7, 11) is 3.26. The van der Waals surface area contributed by atoms with Crippen LogP contribution in [0.25, 0.3) is 5.69 Å². The Kier molecular flexibility index (Phi) is 4.70. The van der Waals surface area contributed by atoms with Crippen molar-refractivity contribution in [2.75, 3.05) is 14.2 Å². The third-order valence-electron chi connectivity index (χ3n) is 4.00. The molecule has 0 bridgehead atoms. The molecule has 0 aliphatic rings. The van der Waals surface area contributed by atoms with Gasteiger partial charge < -0.3 is 9.47 Å². The first-order valence-corrected chi connectivity index (χ1v) is 7.77. The van der Waals surface area contributed by atoms with Crippen LogP contribution in [0.5, 0.6) is 11.5 Å². The molecule has 1 aromatic heterocycles. The maximum absolute atomic E-state index is 12.5. The molecule has 0 aliphatic heterocycles. The van der Waals surface area contributed by atoms with E-state index in [4.69, 9.17) is 9.47 Å². The van der Waals surface area contributed by atoms with E-state index in [0.717, 1.165) is 22.7 Å². The molecular weight excluding hydrogens is 304 g/mol. The Labute approximate surface area is 140 Å². The Morgan fingerprint density at radius 1 is 0.958 bits per heavy atom. The van der Waals surface area contributed by atoms with Crippen molar-refractivity contribution in [3.8, 4) is 17.2 Å². The quantitative estimate of drug-likeness (QED) is 0.700. The minimum absolute atomic E-state index is 0.0475. The van der Waals surface area contributed by atoms with Gasteiger partial charge in [0.05, 0.1) is 19.9 Å². The number of methoxy groups -OCH3 is 2. The predicted octanol–water partition coefficient (Wildman–Crippen LogP) is 2.90. The van der Waals surface area contributed by atoms with Gasteiger partial charge in [-0.25, -0.2) is 4.79 Å². The average molecular weight is 324 g/mol. The number of aryl methyl sites for hydroxylation is 2. The fraction of sp³-hybridized carbons (Fsp3) is 0.211. The highest BCUT2D eigenvalue weighted by Crippen LogP contribution is 2.25. The minimum atomic E-state index is -0.0475. The molecule has 0 saturated carbocycles. The van der Waals surface area contributed by atoms with E-state index in [0.29, 0.717) is 13.0 Å². The molecule has 0 fully saturated rings. The molecule has 0 amide bonds. The lowest BCUT2D eigenvalue weighted by Gasteiger charge is -2.10. The van der Waals surface area contributed by atoms with Crippen molar-refractivity contribution in [2.24, 2.45) is 0 Å². The molecule has 3 aromatic rings. The molecule has 0 spiro atoms. The fourth-order valence-electron chi connectivity index (χ4n) is 2.67. The van der Waals surface area contributed by atoms with Crippen LogP contribution in [0.3, 0.4) is 0 Å². The average Bonchev–Trinajstić information content (AvgIpc) is 3.01. The van der Waals surface area contributed by atoms with Gasteiger partial charge in [-0.05, 0) is 30.2 Å².